The minimum Gasteiger partial charge on any atom is -0.550 e. The quantitative estimate of drug-likeness (QED) is 0.190. The second-order valence-electron chi connectivity index (χ2n) is 4.88. The van der Waals surface area contributed by atoms with Crippen molar-refractivity contribution in [2.45, 2.75) is 84.0 Å². The minimum atomic E-state index is -1.75. The van der Waals surface area contributed by atoms with Crippen molar-refractivity contribution >= 4 is 5.97 Å². The van der Waals surface area contributed by atoms with Gasteiger partial charge in [-0.3, -0.25) is 0 Å². The van der Waals surface area contributed by atoms with Gasteiger partial charge < -0.3 is 25.2 Å². The molecular weight excluding hydrogens is 440 g/mol. The fourth-order valence-corrected chi connectivity index (χ4v) is 1.93. The van der Waals surface area contributed by atoms with E-state index in [1.54, 1.807) is 0 Å². The van der Waals surface area contributed by atoms with Crippen molar-refractivity contribution in [2.24, 2.45) is 0 Å². The normalized spacial score (nSPS) is 8.77. The standard InChI is InChI=1S/C14H28O2.Cd.NO3.Zn/c1-2-3-4-5-6-7-8-9-10-11-12-13-14(15)16;;2-1(3)4;/h2-13H2,1H3,(H,15,16);;;/q;+2;-1;+2/p-1. The number of aliphatic carboxylic acids is 1. The summed E-state index contributed by atoms with van der Waals surface area (Å²) in [5.74, 6) is -0.907. The van der Waals surface area contributed by atoms with Gasteiger partial charge in [0.1, 0.15) is 0 Å². The molecule has 8 heteroatoms. The van der Waals surface area contributed by atoms with Crippen LogP contribution in [0.5, 0.6) is 0 Å². The summed E-state index contributed by atoms with van der Waals surface area (Å²) in [4.78, 5) is 18.4. The maximum absolute atomic E-state index is 10.1. The number of carbonyl (C=O) groups is 1. The Kier molecular flexibility index (Phi) is 35.8. The summed E-state index contributed by atoms with van der Waals surface area (Å²) in [7, 11) is 0. The van der Waals surface area contributed by atoms with Gasteiger partial charge >= 0.3 is 46.8 Å². The first kappa shape index (κ1) is 30.1. The molecule has 0 atom stereocenters. The molecule has 22 heavy (non-hydrogen) atoms. The zero-order valence-electron chi connectivity index (χ0n) is 13.9. The van der Waals surface area contributed by atoms with Crippen LogP contribution in [0.2, 0.25) is 0 Å². The Morgan fingerprint density at radius 1 is 0.818 bits per heavy atom. The van der Waals surface area contributed by atoms with E-state index in [-0.39, 0.29) is 53.2 Å². The minimum absolute atomic E-state index is 0. The summed E-state index contributed by atoms with van der Waals surface area (Å²) in [6, 6.07) is 0. The second kappa shape index (κ2) is 26.1. The Balaban J connectivity index is -0.000000240. The summed E-state index contributed by atoms with van der Waals surface area (Å²) in [5, 5.41) is 24.9. The van der Waals surface area contributed by atoms with Crippen LogP contribution in [0.25, 0.3) is 0 Å². The van der Waals surface area contributed by atoms with Crippen molar-refractivity contribution in [2.75, 3.05) is 0 Å². The van der Waals surface area contributed by atoms with Crippen molar-refractivity contribution in [1.82, 2.24) is 0 Å². The van der Waals surface area contributed by atoms with Crippen molar-refractivity contribution in [3.63, 3.8) is 0 Å². The topological polar surface area (TPSA) is 106 Å². The van der Waals surface area contributed by atoms with Gasteiger partial charge in [0.15, 0.2) is 0 Å². The van der Waals surface area contributed by atoms with Gasteiger partial charge in [-0.2, -0.15) is 0 Å². The van der Waals surface area contributed by atoms with Gasteiger partial charge in [0.05, 0.1) is 5.09 Å². The molecule has 0 aliphatic carbocycles. The number of hydrogen-bond donors (Lipinski definition) is 0. The Morgan fingerprint density at radius 3 is 1.36 bits per heavy atom. The van der Waals surface area contributed by atoms with E-state index in [2.05, 4.69) is 6.92 Å². The van der Waals surface area contributed by atoms with Crippen LogP contribution in [0.15, 0.2) is 0 Å². The molecule has 0 aromatic rings. The Morgan fingerprint density at radius 2 is 1.09 bits per heavy atom. The fraction of sp³-hybridized carbons (Fsp3) is 0.929. The number of nitrogens with zero attached hydrogens (tertiary/aromatic N) is 1. The molecule has 0 amide bonds. The van der Waals surface area contributed by atoms with Crippen molar-refractivity contribution in [3.8, 4) is 0 Å². The average molecular weight is 467 g/mol. The average Bonchev–Trinajstić information content (AvgIpc) is 2.35. The molecule has 0 saturated heterocycles. The van der Waals surface area contributed by atoms with Crippen LogP contribution >= 0.6 is 0 Å². The predicted molar refractivity (Wildman–Crippen MR) is 76.4 cm³/mol. The third kappa shape index (κ3) is 42.7. The summed E-state index contributed by atoms with van der Waals surface area (Å²) in [6.45, 7) is 2.24. The van der Waals surface area contributed by atoms with E-state index in [1.165, 1.54) is 57.8 Å². The number of carbonyl (C=O) groups excluding carboxylic acids is 1. The molecule has 0 N–H and O–H groups in total. The maximum atomic E-state index is 10.1. The van der Waals surface area contributed by atoms with Gasteiger partial charge in [-0.25, -0.2) is 0 Å². The predicted octanol–water partition coefficient (Wildman–Crippen LogP) is 3.19. The number of carboxylic acids is 1. The van der Waals surface area contributed by atoms with E-state index in [9.17, 15) is 9.90 Å². The van der Waals surface area contributed by atoms with Crippen LogP contribution in [-0.4, -0.2) is 11.1 Å². The summed E-state index contributed by atoms with van der Waals surface area (Å²) < 4.78 is 0. The molecule has 0 aliphatic heterocycles. The van der Waals surface area contributed by atoms with Crippen molar-refractivity contribution in [1.29, 1.82) is 0 Å². The van der Waals surface area contributed by atoms with Crippen LogP contribution in [0.1, 0.15) is 84.0 Å². The molecule has 0 spiro atoms. The number of carboxylic acid groups (broad SMARTS) is 1. The van der Waals surface area contributed by atoms with E-state index in [0.29, 0.717) is 0 Å². The third-order valence-corrected chi connectivity index (χ3v) is 2.98. The summed E-state index contributed by atoms with van der Waals surface area (Å²) >= 11 is 0. The van der Waals surface area contributed by atoms with Crippen LogP contribution < -0.4 is 5.11 Å². The molecule has 0 bridgehead atoms. The van der Waals surface area contributed by atoms with Gasteiger partial charge in [0.25, 0.3) is 0 Å². The van der Waals surface area contributed by atoms with Gasteiger partial charge in [-0.15, -0.1) is 0 Å². The molecule has 0 heterocycles. The zero-order chi connectivity index (χ0) is 15.6. The summed E-state index contributed by atoms with van der Waals surface area (Å²) in [6.07, 6.45) is 14.0. The molecule has 0 aromatic carbocycles. The fourth-order valence-electron chi connectivity index (χ4n) is 1.93. The largest absolute Gasteiger partial charge is 2.00 e. The SMILES string of the molecule is CCCCCCCCCCCCCC(=O)[O-].O=[N+]([O-])[O-].[Cd+2].[Zn+2]. The van der Waals surface area contributed by atoms with E-state index < -0.39 is 11.1 Å². The number of rotatable bonds is 12. The van der Waals surface area contributed by atoms with E-state index in [0.717, 1.165) is 12.8 Å². The number of hydrogen-bond acceptors (Lipinski definition) is 5. The molecule has 0 unspecified atom stereocenters. The van der Waals surface area contributed by atoms with Gasteiger partial charge in [-0.05, 0) is 12.8 Å². The third-order valence-electron chi connectivity index (χ3n) is 2.98. The zero-order valence-corrected chi connectivity index (χ0v) is 20.9. The monoisotopic (exact) mass is 467 g/mol. The van der Waals surface area contributed by atoms with Gasteiger partial charge in [-0.1, -0.05) is 71.1 Å². The molecule has 6 nitrogen and oxygen atoms in total. The number of unbranched alkanes of at least 4 members (excludes halogenated alkanes) is 10. The Hall–Kier alpha value is 0.215. The van der Waals surface area contributed by atoms with Crippen molar-refractivity contribution in [3.05, 3.63) is 15.3 Å². The first-order valence-electron chi connectivity index (χ1n) is 7.52. The molecule has 120 valence electrons. The van der Waals surface area contributed by atoms with Crippen LogP contribution in [-0.2, 0) is 51.6 Å². The van der Waals surface area contributed by atoms with Crippen LogP contribution in [0.3, 0.4) is 0 Å². The maximum Gasteiger partial charge on any atom is 2.00 e. The molecule has 0 aromatic heterocycles. The first-order valence-corrected chi connectivity index (χ1v) is 7.52. The summed E-state index contributed by atoms with van der Waals surface area (Å²) in [5.41, 5.74) is 0. The van der Waals surface area contributed by atoms with E-state index >= 15 is 0 Å². The smallest absolute Gasteiger partial charge is 0.550 e. The molecule has 0 saturated carbocycles. The van der Waals surface area contributed by atoms with Crippen LogP contribution in [0.4, 0.5) is 0 Å². The van der Waals surface area contributed by atoms with Crippen LogP contribution in [0, 0.1) is 15.3 Å². The van der Waals surface area contributed by atoms with Gasteiger partial charge in [0.2, 0.25) is 0 Å². The molecule has 0 radical (unpaired) electrons. The Labute approximate surface area is 166 Å². The first-order chi connectivity index (χ1) is 9.50. The second-order valence-corrected chi connectivity index (χ2v) is 4.88. The van der Waals surface area contributed by atoms with Crippen molar-refractivity contribution < 1.29 is 61.8 Å². The van der Waals surface area contributed by atoms with E-state index in [1.807, 2.05) is 0 Å². The molecule has 0 rings (SSSR count). The molecular formula is C14H27CdNO5Zn+2. The van der Waals surface area contributed by atoms with Gasteiger partial charge in [0, 0.05) is 5.97 Å². The molecule has 0 fully saturated rings. The molecule has 0 aliphatic rings. The van der Waals surface area contributed by atoms with E-state index in [4.69, 9.17) is 15.3 Å². The Bertz CT molecular complexity index is 241.